The molecule has 6 nitrogen and oxygen atoms in total. The number of carbonyl (C=O) groups excluding carboxylic acids is 1. The molecule has 2 rings (SSSR count). The van der Waals surface area contributed by atoms with Crippen LogP contribution in [0.25, 0.3) is 0 Å². The molecule has 1 aliphatic carbocycles. The summed E-state index contributed by atoms with van der Waals surface area (Å²) >= 11 is 0. The van der Waals surface area contributed by atoms with Crippen LogP contribution in [0, 0.1) is 0 Å². The zero-order valence-electron chi connectivity index (χ0n) is 11.0. The highest BCUT2D eigenvalue weighted by molar-refractivity contribution is 7.88. The Hall–Kier alpha value is -1.44. The standard InChI is InChI=1S/C13H18N2O4S/c16-9-8-14-20(18,19)15-13(17)12-7-3-5-10-4-1-2-6-11(10)12/h1-2,4,6,12,14,16H,3,5,7-9H2,(H,15,17). The molecule has 0 heterocycles. The molecule has 3 N–H and O–H groups in total. The third-order valence-corrected chi connectivity index (χ3v) is 4.38. The van der Waals surface area contributed by atoms with Crippen molar-refractivity contribution < 1.29 is 18.3 Å². The Bertz CT molecular complexity index is 586. The van der Waals surface area contributed by atoms with Gasteiger partial charge in [-0.25, -0.2) is 4.72 Å². The fraction of sp³-hybridized carbons (Fsp3) is 0.462. The van der Waals surface area contributed by atoms with Crippen LogP contribution in [0.3, 0.4) is 0 Å². The molecule has 110 valence electrons. The van der Waals surface area contributed by atoms with E-state index in [4.69, 9.17) is 5.11 Å². The predicted molar refractivity (Wildman–Crippen MR) is 74.3 cm³/mol. The van der Waals surface area contributed by atoms with Gasteiger partial charge in [-0.1, -0.05) is 24.3 Å². The van der Waals surface area contributed by atoms with Gasteiger partial charge in [0.1, 0.15) is 0 Å². The van der Waals surface area contributed by atoms with E-state index in [9.17, 15) is 13.2 Å². The molecule has 0 aliphatic heterocycles. The number of hydrogen-bond acceptors (Lipinski definition) is 4. The maximum absolute atomic E-state index is 12.1. The molecule has 1 aromatic rings. The summed E-state index contributed by atoms with van der Waals surface area (Å²) in [5.74, 6) is -0.965. The van der Waals surface area contributed by atoms with E-state index in [0.29, 0.717) is 6.42 Å². The van der Waals surface area contributed by atoms with Gasteiger partial charge < -0.3 is 5.11 Å². The number of amides is 1. The van der Waals surface area contributed by atoms with Gasteiger partial charge in [0.15, 0.2) is 0 Å². The number of aliphatic hydroxyl groups excluding tert-OH is 1. The molecule has 1 amide bonds. The lowest BCUT2D eigenvalue weighted by Crippen LogP contribution is -2.43. The molecule has 0 saturated heterocycles. The lowest BCUT2D eigenvalue weighted by Gasteiger charge is -2.24. The van der Waals surface area contributed by atoms with Gasteiger partial charge in [0.2, 0.25) is 5.91 Å². The molecule has 0 aromatic heterocycles. The van der Waals surface area contributed by atoms with Crippen LogP contribution in [-0.4, -0.2) is 32.6 Å². The van der Waals surface area contributed by atoms with Crippen LogP contribution in [0.5, 0.6) is 0 Å². The minimum atomic E-state index is -3.90. The Morgan fingerprint density at radius 1 is 1.35 bits per heavy atom. The van der Waals surface area contributed by atoms with E-state index < -0.39 is 22.0 Å². The monoisotopic (exact) mass is 298 g/mol. The first-order valence-electron chi connectivity index (χ1n) is 6.53. The topological polar surface area (TPSA) is 95.5 Å². The normalized spacial score (nSPS) is 18.4. The van der Waals surface area contributed by atoms with E-state index in [1.54, 1.807) is 0 Å². The number of rotatable bonds is 5. The van der Waals surface area contributed by atoms with Gasteiger partial charge in [-0.05, 0) is 30.4 Å². The smallest absolute Gasteiger partial charge is 0.301 e. The van der Waals surface area contributed by atoms with Crippen molar-refractivity contribution in [1.29, 1.82) is 0 Å². The number of hydrogen-bond donors (Lipinski definition) is 3. The number of fused-ring (bicyclic) bond motifs is 1. The first kappa shape index (κ1) is 15.0. The van der Waals surface area contributed by atoms with Crippen molar-refractivity contribution in [3.05, 3.63) is 35.4 Å². The third-order valence-electron chi connectivity index (χ3n) is 3.32. The lowest BCUT2D eigenvalue weighted by atomic mass is 9.82. The van der Waals surface area contributed by atoms with E-state index >= 15 is 0 Å². The molecule has 7 heteroatoms. The summed E-state index contributed by atoms with van der Waals surface area (Å²) in [6, 6.07) is 7.60. The van der Waals surface area contributed by atoms with E-state index in [0.717, 1.165) is 24.0 Å². The van der Waals surface area contributed by atoms with Crippen molar-refractivity contribution in [1.82, 2.24) is 9.44 Å². The van der Waals surface area contributed by atoms with E-state index in [-0.39, 0.29) is 13.2 Å². The summed E-state index contributed by atoms with van der Waals surface area (Å²) in [4.78, 5) is 12.1. The molecule has 20 heavy (non-hydrogen) atoms. The number of aliphatic hydroxyl groups is 1. The molecule has 0 radical (unpaired) electrons. The Morgan fingerprint density at radius 3 is 2.85 bits per heavy atom. The quantitative estimate of drug-likeness (QED) is 0.716. The van der Waals surface area contributed by atoms with Crippen LogP contribution >= 0.6 is 0 Å². The van der Waals surface area contributed by atoms with Crippen molar-refractivity contribution in [2.75, 3.05) is 13.2 Å². The molecule has 0 spiro atoms. The van der Waals surface area contributed by atoms with Crippen molar-refractivity contribution in [3.63, 3.8) is 0 Å². The minimum absolute atomic E-state index is 0.121. The molecule has 1 unspecified atom stereocenters. The van der Waals surface area contributed by atoms with Gasteiger partial charge >= 0.3 is 10.2 Å². The highest BCUT2D eigenvalue weighted by Gasteiger charge is 2.28. The van der Waals surface area contributed by atoms with Crippen molar-refractivity contribution in [3.8, 4) is 0 Å². The second-order valence-corrected chi connectivity index (χ2v) is 6.23. The van der Waals surface area contributed by atoms with Gasteiger partial charge in [0, 0.05) is 6.54 Å². The summed E-state index contributed by atoms with van der Waals surface area (Å²) in [5, 5.41) is 8.60. The molecular weight excluding hydrogens is 280 g/mol. The Labute approximate surface area is 118 Å². The predicted octanol–water partition coefficient (Wildman–Crippen LogP) is 0.0494. The van der Waals surface area contributed by atoms with Gasteiger partial charge in [-0.15, -0.1) is 0 Å². The summed E-state index contributed by atoms with van der Waals surface area (Å²) in [5.41, 5.74) is 1.99. The number of nitrogens with one attached hydrogen (secondary N) is 2. The molecule has 0 bridgehead atoms. The highest BCUT2D eigenvalue weighted by atomic mass is 32.2. The summed E-state index contributed by atoms with van der Waals surface area (Å²) in [6.07, 6.45) is 2.41. The van der Waals surface area contributed by atoms with E-state index in [2.05, 4.69) is 4.72 Å². The molecule has 1 atom stereocenters. The van der Waals surface area contributed by atoms with Crippen molar-refractivity contribution in [2.24, 2.45) is 0 Å². The van der Waals surface area contributed by atoms with Crippen molar-refractivity contribution >= 4 is 16.1 Å². The second kappa shape index (κ2) is 6.34. The van der Waals surface area contributed by atoms with E-state index in [1.807, 2.05) is 29.0 Å². The Morgan fingerprint density at radius 2 is 2.10 bits per heavy atom. The van der Waals surface area contributed by atoms with Crippen LogP contribution in [-0.2, 0) is 21.4 Å². The fourth-order valence-corrected chi connectivity index (χ4v) is 3.29. The maximum Gasteiger partial charge on any atom is 0.301 e. The van der Waals surface area contributed by atoms with Gasteiger partial charge in [-0.2, -0.15) is 13.1 Å². The number of aryl methyl sites for hydroxylation is 1. The van der Waals surface area contributed by atoms with Crippen LogP contribution in [0.2, 0.25) is 0 Å². The third kappa shape index (κ3) is 3.56. The van der Waals surface area contributed by atoms with Crippen molar-refractivity contribution in [2.45, 2.75) is 25.2 Å². The maximum atomic E-state index is 12.1. The van der Waals surface area contributed by atoms with Crippen LogP contribution < -0.4 is 9.44 Å². The van der Waals surface area contributed by atoms with Crippen LogP contribution in [0.1, 0.15) is 29.9 Å². The fourth-order valence-electron chi connectivity index (χ4n) is 2.45. The highest BCUT2D eigenvalue weighted by Crippen LogP contribution is 2.31. The molecule has 1 aliphatic rings. The van der Waals surface area contributed by atoms with Crippen LogP contribution in [0.15, 0.2) is 24.3 Å². The zero-order chi connectivity index (χ0) is 14.6. The van der Waals surface area contributed by atoms with Gasteiger partial charge in [0.05, 0.1) is 12.5 Å². The van der Waals surface area contributed by atoms with Gasteiger partial charge in [-0.3, -0.25) is 4.79 Å². The number of benzene rings is 1. The molecule has 1 aromatic carbocycles. The van der Waals surface area contributed by atoms with Crippen LogP contribution in [0.4, 0.5) is 0 Å². The largest absolute Gasteiger partial charge is 0.395 e. The zero-order valence-corrected chi connectivity index (χ0v) is 11.8. The SMILES string of the molecule is O=C(NS(=O)(=O)NCCO)C1CCCc2ccccc21. The average Bonchev–Trinajstić information content (AvgIpc) is 2.44. The second-order valence-electron chi connectivity index (χ2n) is 4.73. The summed E-state index contributed by atoms with van der Waals surface area (Å²) in [6.45, 7) is -0.439. The lowest BCUT2D eigenvalue weighted by molar-refractivity contribution is -0.121. The molecule has 0 saturated carbocycles. The first-order valence-corrected chi connectivity index (χ1v) is 8.02. The van der Waals surface area contributed by atoms with E-state index in [1.165, 1.54) is 0 Å². The Kier molecular flexibility index (Phi) is 4.74. The Balaban J connectivity index is 2.11. The first-order chi connectivity index (χ1) is 9.53. The van der Waals surface area contributed by atoms with Gasteiger partial charge in [0.25, 0.3) is 0 Å². The summed E-state index contributed by atoms with van der Waals surface area (Å²) in [7, 11) is -3.90. The molecular formula is C13H18N2O4S. The summed E-state index contributed by atoms with van der Waals surface area (Å²) < 4.78 is 27.3. The average molecular weight is 298 g/mol. The molecule has 0 fully saturated rings. The number of carbonyl (C=O) groups is 1. The minimum Gasteiger partial charge on any atom is -0.395 e.